The number of aliphatic carboxylic acids is 1. The maximum Gasteiger partial charge on any atom is 0.335 e. The van der Waals surface area contributed by atoms with Crippen LogP contribution in [0.1, 0.15) is 12.5 Å². The van der Waals surface area contributed by atoms with Gasteiger partial charge in [0.2, 0.25) is 0 Å². The highest BCUT2D eigenvalue weighted by atomic mass is 79.9. The first-order valence-electron chi connectivity index (χ1n) is 5.15. The summed E-state index contributed by atoms with van der Waals surface area (Å²) in [5.41, 5.74) is 0.398. The van der Waals surface area contributed by atoms with Gasteiger partial charge in [-0.3, -0.25) is 0 Å². The molecule has 3 nitrogen and oxygen atoms in total. The lowest BCUT2D eigenvalue weighted by molar-refractivity contribution is -0.133. The quantitative estimate of drug-likeness (QED) is 0.896. The van der Waals surface area contributed by atoms with Crippen LogP contribution < -0.4 is 4.74 Å². The fourth-order valence-electron chi connectivity index (χ4n) is 1.78. The first-order valence-corrected chi connectivity index (χ1v) is 6.32. The van der Waals surface area contributed by atoms with E-state index in [2.05, 4.69) is 15.9 Å². The molecule has 1 aromatic rings. The van der Waals surface area contributed by atoms with Crippen molar-refractivity contribution in [2.75, 3.05) is 0 Å². The van der Waals surface area contributed by atoms with Gasteiger partial charge in [0.25, 0.3) is 0 Å². The minimum Gasteiger partial charge on any atom is -0.480 e. The molecule has 1 aromatic carbocycles. The van der Waals surface area contributed by atoms with E-state index in [9.17, 15) is 9.18 Å². The van der Waals surface area contributed by atoms with E-state index in [-0.39, 0.29) is 5.57 Å². The standard InChI is InChI=1S/C12H9BrClFO3/c1-5(15)10-8(12(16)17)3-6-2-7(13)4-9(14)11(6)18-10/h2-5,10H,1H3,(H,16,17). The van der Waals surface area contributed by atoms with Crippen molar-refractivity contribution in [2.24, 2.45) is 0 Å². The zero-order valence-electron chi connectivity index (χ0n) is 9.28. The number of alkyl halides is 1. The maximum atomic E-state index is 13.4. The Morgan fingerprint density at radius 3 is 2.83 bits per heavy atom. The summed E-state index contributed by atoms with van der Waals surface area (Å²) in [5, 5.41) is 9.37. The molecule has 2 atom stereocenters. The van der Waals surface area contributed by atoms with Gasteiger partial charge >= 0.3 is 5.97 Å². The first kappa shape index (κ1) is 13.4. The zero-order valence-corrected chi connectivity index (χ0v) is 11.6. The number of ether oxygens (including phenoxy) is 1. The van der Waals surface area contributed by atoms with Crippen LogP contribution in [0.25, 0.3) is 6.08 Å². The molecule has 96 valence electrons. The largest absolute Gasteiger partial charge is 0.480 e. The van der Waals surface area contributed by atoms with Crippen molar-refractivity contribution in [1.29, 1.82) is 0 Å². The average molecular weight is 336 g/mol. The molecule has 0 fully saturated rings. The Bertz CT molecular complexity index is 542. The molecule has 2 rings (SSSR count). The van der Waals surface area contributed by atoms with Crippen LogP contribution in [0.2, 0.25) is 5.02 Å². The summed E-state index contributed by atoms with van der Waals surface area (Å²) in [5.74, 6) is -0.898. The molecule has 1 aliphatic rings. The lowest BCUT2D eigenvalue weighted by Crippen LogP contribution is -2.34. The molecular weight excluding hydrogens is 326 g/mol. The van der Waals surface area contributed by atoms with E-state index in [1.165, 1.54) is 13.0 Å². The van der Waals surface area contributed by atoms with Crippen LogP contribution in [0.15, 0.2) is 22.2 Å². The van der Waals surface area contributed by atoms with Crippen molar-refractivity contribution >= 4 is 39.6 Å². The van der Waals surface area contributed by atoms with E-state index >= 15 is 0 Å². The molecule has 18 heavy (non-hydrogen) atoms. The number of hydrogen-bond donors (Lipinski definition) is 1. The summed E-state index contributed by atoms with van der Waals surface area (Å²) < 4.78 is 19.5. The van der Waals surface area contributed by atoms with Crippen molar-refractivity contribution in [2.45, 2.75) is 19.2 Å². The Labute approximate surface area is 116 Å². The van der Waals surface area contributed by atoms with Crippen LogP contribution in [0, 0.1) is 0 Å². The Morgan fingerprint density at radius 2 is 2.28 bits per heavy atom. The molecule has 0 spiro atoms. The minimum absolute atomic E-state index is 0.119. The van der Waals surface area contributed by atoms with E-state index in [0.29, 0.717) is 20.8 Å². The summed E-state index contributed by atoms with van der Waals surface area (Å²) in [6, 6.07) is 3.28. The number of benzene rings is 1. The molecule has 0 saturated heterocycles. The summed E-state index contributed by atoms with van der Waals surface area (Å²) in [6.45, 7) is 1.25. The topological polar surface area (TPSA) is 46.5 Å². The predicted molar refractivity (Wildman–Crippen MR) is 69.8 cm³/mol. The SMILES string of the molecule is CC(F)C1Oc2c(Cl)cc(Br)cc2C=C1C(=O)O. The van der Waals surface area contributed by atoms with E-state index < -0.39 is 18.2 Å². The third kappa shape index (κ3) is 2.37. The molecule has 0 aromatic heterocycles. The molecule has 0 bridgehead atoms. The number of rotatable bonds is 2. The van der Waals surface area contributed by atoms with Crippen LogP contribution in [-0.2, 0) is 4.79 Å². The van der Waals surface area contributed by atoms with Gasteiger partial charge in [0.15, 0.2) is 6.10 Å². The Hall–Kier alpha value is -1.07. The highest BCUT2D eigenvalue weighted by Crippen LogP contribution is 2.39. The second-order valence-corrected chi connectivity index (χ2v) is 5.25. The number of hydrogen-bond acceptors (Lipinski definition) is 2. The smallest absolute Gasteiger partial charge is 0.335 e. The van der Waals surface area contributed by atoms with Gasteiger partial charge in [-0.2, -0.15) is 0 Å². The molecule has 1 aliphatic heterocycles. The average Bonchev–Trinajstić information content (AvgIpc) is 2.26. The summed E-state index contributed by atoms with van der Waals surface area (Å²) in [7, 11) is 0. The van der Waals surface area contributed by atoms with Crippen molar-refractivity contribution in [1.82, 2.24) is 0 Å². The van der Waals surface area contributed by atoms with Gasteiger partial charge in [0, 0.05) is 10.0 Å². The van der Waals surface area contributed by atoms with Crippen LogP contribution in [0.5, 0.6) is 5.75 Å². The maximum absolute atomic E-state index is 13.4. The lowest BCUT2D eigenvalue weighted by atomic mass is 9.99. The Morgan fingerprint density at radius 1 is 1.61 bits per heavy atom. The van der Waals surface area contributed by atoms with Gasteiger partial charge < -0.3 is 9.84 Å². The van der Waals surface area contributed by atoms with Crippen molar-refractivity contribution in [3.8, 4) is 5.75 Å². The second-order valence-electron chi connectivity index (χ2n) is 3.93. The van der Waals surface area contributed by atoms with Crippen LogP contribution in [-0.4, -0.2) is 23.4 Å². The summed E-state index contributed by atoms with van der Waals surface area (Å²) >= 11 is 9.24. The van der Waals surface area contributed by atoms with Crippen LogP contribution in [0.4, 0.5) is 4.39 Å². The molecular formula is C12H9BrClFO3. The highest BCUT2D eigenvalue weighted by Gasteiger charge is 2.33. The molecule has 0 saturated carbocycles. The number of carboxylic acid groups (broad SMARTS) is 1. The first-order chi connectivity index (χ1) is 8.40. The third-order valence-corrected chi connectivity index (χ3v) is 3.30. The van der Waals surface area contributed by atoms with Gasteiger partial charge in [-0.25, -0.2) is 9.18 Å². The van der Waals surface area contributed by atoms with E-state index in [4.69, 9.17) is 21.4 Å². The number of carbonyl (C=O) groups is 1. The second kappa shape index (κ2) is 4.90. The molecule has 1 heterocycles. The Kier molecular flexibility index (Phi) is 3.64. The molecule has 0 amide bonds. The van der Waals surface area contributed by atoms with E-state index in [0.717, 1.165) is 0 Å². The highest BCUT2D eigenvalue weighted by molar-refractivity contribution is 9.10. The summed E-state index contributed by atoms with van der Waals surface area (Å²) in [6.07, 6.45) is -1.20. The fourth-order valence-corrected chi connectivity index (χ4v) is 2.66. The minimum atomic E-state index is -1.44. The van der Waals surface area contributed by atoms with Gasteiger partial charge in [-0.15, -0.1) is 0 Å². The zero-order chi connectivity index (χ0) is 13.4. The number of carboxylic acids is 1. The molecule has 0 radical (unpaired) electrons. The molecule has 1 N–H and O–H groups in total. The van der Waals surface area contributed by atoms with E-state index in [1.807, 2.05) is 0 Å². The van der Waals surface area contributed by atoms with Crippen LogP contribution in [0.3, 0.4) is 0 Å². The van der Waals surface area contributed by atoms with Crippen molar-refractivity contribution in [3.63, 3.8) is 0 Å². The molecule has 2 unspecified atom stereocenters. The van der Waals surface area contributed by atoms with Crippen LogP contribution >= 0.6 is 27.5 Å². The fraction of sp³-hybridized carbons (Fsp3) is 0.250. The van der Waals surface area contributed by atoms with Crippen molar-refractivity contribution in [3.05, 3.63) is 32.8 Å². The van der Waals surface area contributed by atoms with Gasteiger partial charge in [0.1, 0.15) is 11.9 Å². The third-order valence-electron chi connectivity index (χ3n) is 2.56. The predicted octanol–water partition coefficient (Wildman–Crippen LogP) is 3.69. The lowest BCUT2D eigenvalue weighted by Gasteiger charge is -2.27. The van der Waals surface area contributed by atoms with E-state index in [1.54, 1.807) is 12.1 Å². The summed E-state index contributed by atoms with van der Waals surface area (Å²) in [4.78, 5) is 11.1. The number of halogens is 3. The Balaban J connectivity index is 2.58. The normalized spacial score (nSPS) is 19.6. The van der Waals surface area contributed by atoms with Gasteiger partial charge in [-0.1, -0.05) is 27.5 Å². The molecule has 0 aliphatic carbocycles. The molecule has 6 heteroatoms. The van der Waals surface area contributed by atoms with Gasteiger partial charge in [0.05, 0.1) is 10.6 Å². The monoisotopic (exact) mass is 334 g/mol. The van der Waals surface area contributed by atoms with Gasteiger partial charge in [-0.05, 0) is 25.1 Å². The van der Waals surface area contributed by atoms with Crippen molar-refractivity contribution < 1.29 is 19.0 Å². The number of fused-ring (bicyclic) bond motifs is 1.